The zero-order chi connectivity index (χ0) is 27.2. The fourth-order valence-corrected chi connectivity index (χ4v) is 5.78. The number of hydrogen-bond donors (Lipinski definition) is 0. The van der Waals surface area contributed by atoms with Crippen molar-refractivity contribution >= 4 is 29.0 Å². The van der Waals surface area contributed by atoms with Gasteiger partial charge in [-0.05, 0) is 77.6 Å². The molecule has 0 unspecified atom stereocenters. The van der Waals surface area contributed by atoms with E-state index in [4.69, 9.17) is 0 Å². The molecule has 0 spiro atoms. The van der Waals surface area contributed by atoms with Crippen LogP contribution in [0.25, 0.3) is 0 Å². The number of anilines is 2. The molecule has 0 saturated carbocycles. The highest BCUT2D eigenvalue weighted by atomic mass is 16.2. The molecule has 1 heterocycles. The second-order valence-electron chi connectivity index (χ2n) is 10.9. The fraction of sp³-hybridized carbons (Fsp3) is 0.344. The quantitative estimate of drug-likeness (QED) is 0.298. The van der Waals surface area contributed by atoms with Gasteiger partial charge in [0.15, 0.2) is 5.78 Å². The maximum absolute atomic E-state index is 14.1. The largest absolute Gasteiger partial charge is 0.294 e. The van der Waals surface area contributed by atoms with Gasteiger partial charge in [0, 0.05) is 5.56 Å². The lowest BCUT2D eigenvalue weighted by molar-refractivity contribution is -0.141. The fourth-order valence-electron chi connectivity index (χ4n) is 5.78. The summed E-state index contributed by atoms with van der Waals surface area (Å²) in [7, 11) is 0. The van der Waals surface area contributed by atoms with Crippen molar-refractivity contribution in [1.82, 2.24) is 0 Å². The van der Waals surface area contributed by atoms with Gasteiger partial charge in [0.05, 0.1) is 17.8 Å². The number of nitrogens with zero attached hydrogens (tertiary/aromatic N) is 2. The van der Waals surface area contributed by atoms with E-state index in [1.165, 1.54) is 0 Å². The summed E-state index contributed by atoms with van der Waals surface area (Å²) in [4.78, 5) is 45.3. The van der Waals surface area contributed by atoms with E-state index in [2.05, 4.69) is 0 Å². The van der Waals surface area contributed by atoms with Crippen LogP contribution in [0.2, 0.25) is 0 Å². The highest BCUT2D eigenvalue weighted by molar-refractivity contribution is 6.21. The number of Topliss-reactive ketones (excluding diaryl/α,β-unsaturated/α-hetero) is 1. The number of aryl methyl sites for hydroxylation is 6. The lowest BCUT2D eigenvalue weighted by Crippen LogP contribution is -2.67. The van der Waals surface area contributed by atoms with E-state index < -0.39 is 11.6 Å². The average molecular weight is 497 g/mol. The Morgan fingerprint density at radius 1 is 0.703 bits per heavy atom. The van der Waals surface area contributed by atoms with E-state index in [-0.39, 0.29) is 24.0 Å². The van der Waals surface area contributed by atoms with Gasteiger partial charge in [-0.25, -0.2) is 0 Å². The first-order valence-electron chi connectivity index (χ1n) is 12.8. The molecule has 1 aliphatic rings. The third-order valence-electron chi connectivity index (χ3n) is 7.32. The smallest absolute Gasteiger partial charge is 0.243 e. The molecule has 5 nitrogen and oxygen atoms in total. The van der Waals surface area contributed by atoms with Gasteiger partial charge in [0.1, 0.15) is 11.6 Å². The molecular formula is C32H36N2O3. The molecule has 0 bridgehead atoms. The lowest BCUT2D eigenvalue weighted by atomic mass is 9.83. The van der Waals surface area contributed by atoms with Crippen LogP contribution in [-0.4, -0.2) is 23.8 Å². The summed E-state index contributed by atoms with van der Waals surface area (Å²) in [5.74, 6) is -0.708. The van der Waals surface area contributed by atoms with Crippen molar-refractivity contribution in [2.45, 2.75) is 68.0 Å². The van der Waals surface area contributed by atoms with Gasteiger partial charge in [-0.3, -0.25) is 24.2 Å². The Kier molecular flexibility index (Phi) is 6.85. The predicted octanol–water partition coefficient (Wildman–Crippen LogP) is 6.54. The van der Waals surface area contributed by atoms with E-state index >= 15 is 0 Å². The highest BCUT2D eigenvalue weighted by Gasteiger charge is 2.53. The summed E-state index contributed by atoms with van der Waals surface area (Å²) < 4.78 is 0. The molecule has 0 radical (unpaired) electrons. The molecule has 0 atom stereocenters. The molecule has 1 saturated heterocycles. The molecule has 0 N–H and O–H groups in total. The standard InChI is InChI=1S/C32H36N2O3/c1-19-14-21(3)28(22(4)15-19)33-27(18-26(35)25-12-10-9-11-13-25)34(31(37)32(7,8)30(33)36)29-23(5)16-20(2)17-24(29)6/h9-17,27H,18H2,1-8H3. The molecule has 2 amide bonds. The van der Waals surface area contributed by atoms with Gasteiger partial charge in [0.2, 0.25) is 11.8 Å². The monoisotopic (exact) mass is 496 g/mol. The zero-order valence-corrected chi connectivity index (χ0v) is 23.1. The van der Waals surface area contributed by atoms with Crippen molar-refractivity contribution < 1.29 is 14.4 Å². The molecule has 4 rings (SSSR count). The molecule has 1 fully saturated rings. The maximum Gasteiger partial charge on any atom is 0.243 e. The van der Waals surface area contributed by atoms with Gasteiger partial charge >= 0.3 is 0 Å². The summed E-state index contributed by atoms with van der Waals surface area (Å²) in [5.41, 5.74) is 6.70. The molecule has 1 aliphatic heterocycles. The Balaban J connectivity index is 2.00. The van der Waals surface area contributed by atoms with Gasteiger partial charge in [-0.2, -0.15) is 0 Å². The van der Waals surface area contributed by atoms with E-state index in [0.29, 0.717) is 5.56 Å². The van der Waals surface area contributed by atoms with Gasteiger partial charge in [-0.15, -0.1) is 0 Å². The molecule has 5 heteroatoms. The average Bonchev–Trinajstić information content (AvgIpc) is 2.81. The molecular weight excluding hydrogens is 460 g/mol. The van der Waals surface area contributed by atoms with E-state index in [9.17, 15) is 14.4 Å². The van der Waals surface area contributed by atoms with Crippen LogP contribution in [0.15, 0.2) is 54.6 Å². The SMILES string of the molecule is Cc1cc(C)c(N2C(=O)C(C)(C)C(=O)N(c3c(C)cc(C)cc3C)C2CC(=O)c2ccccc2)c(C)c1. The number of rotatable bonds is 5. The normalized spacial score (nSPS) is 15.9. The minimum Gasteiger partial charge on any atom is -0.294 e. The number of carbonyl (C=O) groups excluding carboxylic acids is 3. The minimum absolute atomic E-state index is 0.0168. The Morgan fingerprint density at radius 2 is 1.08 bits per heavy atom. The molecule has 0 aromatic heterocycles. The maximum atomic E-state index is 14.1. The van der Waals surface area contributed by atoms with Crippen molar-refractivity contribution in [3.8, 4) is 0 Å². The first kappa shape index (κ1) is 26.3. The highest BCUT2D eigenvalue weighted by Crippen LogP contribution is 2.43. The first-order chi connectivity index (χ1) is 17.3. The summed E-state index contributed by atoms with van der Waals surface area (Å²) in [6.45, 7) is 15.3. The van der Waals surface area contributed by atoms with Crippen molar-refractivity contribution in [3.63, 3.8) is 0 Å². The molecule has 192 valence electrons. The van der Waals surface area contributed by atoms with E-state index in [1.807, 2.05) is 84.0 Å². The van der Waals surface area contributed by atoms with Crippen molar-refractivity contribution in [1.29, 1.82) is 0 Å². The van der Waals surface area contributed by atoms with Crippen molar-refractivity contribution in [2.75, 3.05) is 9.80 Å². The summed E-state index contributed by atoms with van der Waals surface area (Å²) in [5, 5.41) is 0. The topological polar surface area (TPSA) is 57.7 Å². The summed E-state index contributed by atoms with van der Waals surface area (Å²) in [6, 6.07) is 17.2. The predicted molar refractivity (Wildman–Crippen MR) is 149 cm³/mol. The molecule has 37 heavy (non-hydrogen) atoms. The molecule has 3 aromatic rings. The number of amides is 2. The number of hydrogen-bond acceptors (Lipinski definition) is 3. The van der Waals surface area contributed by atoms with Crippen LogP contribution in [-0.2, 0) is 9.59 Å². The second-order valence-corrected chi connectivity index (χ2v) is 10.9. The van der Waals surface area contributed by atoms with Crippen LogP contribution < -0.4 is 9.80 Å². The van der Waals surface area contributed by atoms with Gasteiger partial charge in [0.25, 0.3) is 0 Å². The van der Waals surface area contributed by atoms with Crippen molar-refractivity contribution in [2.24, 2.45) is 5.41 Å². The van der Waals surface area contributed by atoms with Gasteiger partial charge in [-0.1, -0.05) is 65.7 Å². The summed E-state index contributed by atoms with van der Waals surface area (Å²) in [6.07, 6.45) is -0.821. The van der Waals surface area contributed by atoms with Crippen LogP contribution in [0.1, 0.15) is 64.0 Å². The van der Waals surface area contributed by atoms with Crippen LogP contribution in [0.3, 0.4) is 0 Å². The second kappa shape index (κ2) is 9.62. The molecule has 0 aliphatic carbocycles. The zero-order valence-electron chi connectivity index (χ0n) is 23.1. The van der Waals surface area contributed by atoms with Crippen LogP contribution in [0.4, 0.5) is 11.4 Å². The Morgan fingerprint density at radius 3 is 1.46 bits per heavy atom. The van der Waals surface area contributed by atoms with Gasteiger partial charge < -0.3 is 0 Å². The van der Waals surface area contributed by atoms with Crippen LogP contribution >= 0.6 is 0 Å². The van der Waals surface area contributed by atoms with E-state index in [0.717, 1.165) is 44.8 Å². The van der Waals surface area contributed by atoms with Crippen LogP contribution in [0, 0.1) is 47.0 Å². The third-order valence-corrected chi connectivity index (χ3v) is 7.32. The van der Waals surface area contributed by atoms with Crippen molar-refractivity contribution in [3.05, 3.63) is 93.5 Å². The Labute approximate surface area is 220 Å². The number of benzene rings is 3. The number of carbonyl (C=O) groups is 3. The Hall–Kier alpha value is -3.73. The van der Waals surface area contributed by atoms with E-state index in [1.54, 1.807) is 35.8 Å². The lowest BCUT2D eigenvalue weighted by Gasteiger charge is -2.50. The molecule has 3 aromatic carbocycles. The first-order valence-corrected chi connectivity index (χ1v) is 12.8. The number of ketones is 1. The van der Waals surface area contributed by atoms with Crippen LogP contribution in [0.5, 0.6) is 0 Å². The third kappa shape index (κ3) is 4.59. The Bertz CT molecular complexity index is 1280. The minimum atomic E-state index is -1.31. The summed E-state index contributed by atoms with van der Waals surface area (Å²) >= 11 is 0.